The Labute approximate surface area is 209 Å². The molecule has 5 nitrogen and oxygen atoms in total. The van der Waals surface area contributed by atoms with Gasteiger partial charge in [0.25, 0.3) is 0 Å². The number of thiocarbonyl (C=S) groups is 1. The molecule has 34 heavy (non-hydrogen) atoms. The number of hydrogen-bond donors (Lipinski definition) is 2. The zero-order valence-corrected chi connectivity index (χ0v) is 21.5. The highest BCUT2D eigenvalue weighted by molar-refractivity contribution is 7.80. The Morgan fingerprint density at radius 2 is 1.65 bits per heavy atom. The Morgan fingerprint density at radius 3 is 2.29 bits per heavy atom. The van der Waals surface area contributed by atoms with Crippen LogP contribution in [-0.2, 0) is 11.3 Å². The van der Waals surface area contributed by atoms with E-state index in [1.807, 2.05) is 75.4 Å². The van der Waals surface area contributed by atoms with Crippen LogP contribution >= 0.6 is 12.2 Å². The molecule has 0 radical (unpaired) electrons. The van der Waals surface area contributed by atoms with Crippen LogP contribution in [0, 0.1) is 5.92 Å². The molecule has 0 aromatic heterocycles. The number of rotatable bonds is 9. The summed E-state index contributed by atoms with van der Waals surface area (Å²) in [6, 6.07) is 17.4. The fourth-order valence-corrected chi connectivity index (χ4v) is 4.46. The second-order valence-corrected chi connectivity index (χ2v) is 10.5. The van der Waals surface area contributed by atoms with E-state index < -0.39 is 11.7 Å². The van der Waals surface area contributed by atoms with Crippen molar-refractivity contribution in [3.8, 4) is 11.5 Å². The van der Waals surface area contributed by atoms with Crippen molar-refractivity contribution >= 4 is 23.3 Å². The number of carbonyl (C=O) groups is 1. The van der Waals surface area contributed by atoms with E-state index in [1.165, 1.54) is 32.1 Å². The SMILES string of the molecule is CC(C)(C)OC(=O)N[C@H](CCC1CCCCC1)C(=S)NCc1ccc(Oc2ccccc2)cc1. The molecule has 1 aliphatic carbocycles. The van der Waals surface area contributed by atoms with E-state index in [-0.39, 0.29) is 6.04 Å². The maximum absolute atomic E-state index is 12.5. The highest BCUT2D eigenvalue weighted by Gasteiger charge is 2.24. The number of alkyl carbamates (subject to hydrolysis) is 1. The summed E-state index contributed by atoms with van der Waals surface area (Å²) >= 11 is 5.71. The molecule has 184 valence electrons. The Kier molecular flexibility index (Phi) is 9.75. The summed E-state index contributed by atoms with van der Waals surface area (Å²) in [4.78, 5) is 13.1. The van der Waals surface area contributed by atoms with Crippen molar-refractivity contribution in [2.75, 3.05) is 0 Å². The van der Waals surface area contributed by atoms with Crippen LogP contribution in [0.25, 0.3) is 0 Å². The molecule has 1 saturated carbocycles. The van der Waals surface area contributed by atoms with Crippen LogP contribution in [0.5, 0.6) is 11.5 Å². The maximum atomic E-state index is 12.5. The summed E-state index contributed by atoms with van der Waals surface area (Å²) in [6.45, 7) is 6.18. The summed E-state index contributed by atoms with van der Waals surface area (Å²) in [7, 11) is 0. The normalized spacial score (nSPS) is 15.3. The van der Waals surface area contributed by atoms with E-state index in [0.717, 1.165) is 35.8 Å². The highest BCUT2D eigenvalue weighted by Crippen LogP contribution is 2.28. The van der Waals surface area contributed by atoms with Gasteiger partial charge in [0.2, 0.25) is 0 Å². The standard InChI is InChI=1S/C28H38N2O3S/c1-28(2,3)33-27(31)30-25(19-16-21-10-6-4-7-11-21)26(34)29-20-22-14-17-24(18-15-22)32-23-12-8-5-9-13-23/h5,8-9,12-15,17-18,21,25H,4,6-7,10-11,16,19-20H2,1-3H3,(H,29,34)(H,30,31)/t25-/m1/s1. The maximum Gasteiger partial charge on any atom is 0.408 e. The molecular weight excluding hydrogens is 444 g/mol. The van der Waals surface area contributed by atoms with Crippen LogP contribution in [0.3, 0.4) is 0 Å². The number of amides is 1. The van der Waals surface area contributed by atoms with E-state index in [0.29, 0.717) is 11.5 Å². The number of carbonyl (C=O) groups excluding carboxylic acids is 1. The van der Waals surface area contributed by atoms with Gasteiger partial charge in [0, 0.05) is 6.54 Å². The van der Waals surface area contributed by atoms with Crippen molar-refractivity contribution in [1.82, 2.24) is 10.6 Å². The average molecular weight is 483 g/mol. The fourth-order valence-electron chi connectivity index (χ4n) is 4.21. The second kappa shape index (κ2) is 12.7. The molecule has 0 spiro atoms. The van der Waals surface area contributed by atoms with E-state index in [4.69, 9.17) is 21.7 Å². The van der Waals surface area contributed by atoms with E-state index in [2.05, 4.69) is 10.6 Å². The van der Waals surface area contributed by atoms with Gasteiger partial charge in [-0.3, -0.25) is 0 Å². The monoisotopic (exact) mass is 482 g/mol. The molecular formula is C28H38N2O3S. The minimum Gasteiger partial charge on any atom is -0.457 e. The van der Waals surface area contributed by atoms with Crippen molar-refractivity contribution in [1.29, 1.82) is 0 Å². The molecule has 2 aromatic rings. The molecule has 2 aromatic carbocycles. The first kappa shape index (κ1) is 26.0. The summed E-state index contributed by atoms with van der Waals surface area (Å²) in [6.07, 6.45) is 7.96. The van der Waals surface area contributed by atoms with Crippen molar-refractivity contribution in [3.63, 3.8) is 0 Å². The Bertz CT molecular complexity index is 903. The smallest absolute Gasteiger partial charge is 0.408 e. The minimum atomic E-state index is -0.545. The first-order chi connectivity index (χ1) is 16.3. The van der Waals surface area contributed by atoms with Gasteiger partial charge in [-0.25, -0.2) is 4.79 Å². The molecule has 1 fully saturated rings. The number of ether oxygens (including phenoxy) is 2. The highest BCUT2D eigenvalue weighted by atomic mass is 32.1. The van der Waals surface area contributed by atoms with Crippen LogP contribution in [0.15, 0.2) is 54.6 Å². The van der Waals surface area contributed by atoms with Gasteiger partial charge in [0.15, 0.2) is 0 Å². The van der Waals surface area contributed by atoms with Crippen molar-refractivity contribution in [2.24, 2.45) is 5.92 Å². The largest absolute Gasteiger partial charge is 0.457 e. The molecule has 1 atom stereocenters. The molecule has 6 heteroatoms. The third kappa shape index (κ3) is 9.34. The third-order valence-corrected chi connectivity index (χ3v) is 6.39. The molecule has 0 bridgehead atoms. The summed E-state index contributed by atoms with van der Waals surface area (Å²) in [5.74, 6) is 2.31. The Balaban J connectivity index is 1.54. The molecule has 1 amide bonds. The lowest BCUT2D eigenvalue weighted by molar-refractivity contribution is 0.0514. The van der Waals surface area contributed by atoms with Gasteiger partial charge in [-0.05, 0) is 69.4 Å². The van der Waals surface area contributed by atoms with Crippen LogP contribution in [-0.4, -0.2) is 22.7 Å². The van der Waals surface area contributed by atoms with E-state index in [1.54, 1.807) is 0 Å². The predicted octanol–water partition coefficient (Wildman–Crippen LogP) is 7.15. The van der Waals surface area contributed by atoms with Gasteiger partial charge in [-0.1, -0.05) is 74.7 Å². The number of para-hydroxylation sites is 1. The van der Waals surface area contributed by atoms with Crippen molar-refractivity contribution < 1.29 is 14.3 Å². The van der Waals surface area contributed by atoms with Gasteiger partial charge in [0.1, 0.15) is 17.1 Å². The lowest BCUT2D eigenvalue weighted by Crippen LogP contribution is -2.47. The first-order valence-electron chi connectivity index (χ1n) is 12.4. The van der Waals surface area contributed by atoms with Gasteiger partial charge >= 0.3 is 6.09 Å². The Morgan fingerprint density at radius 1 is 1.00 bits per heavy atom. The van der Waals surface area contributed by atoms with Crippen LogP contribution in [0.4, 0.5) is 4.79 Å². The number of nitrogens with one attached hydrogen (secondary N) is 2. The molecule has 0 saturated heterocycles. The summed E-state index contributed by atoms with van der Waals surface area (Å²) in [5, 5.41) is 6.35. The van der Waals surface area contributed by atoms with Crippen molar-refractivity contribution in [3.05, 3.63) is 60.2 Å². The molecule has 0 heterocycles. The van der Waals surface area contributed by atoms with Crippen LogP contribution in [0.1, 0.15) is 71.3 Å². The zero-order chi connectivity index (χ0) is 24.4. The third-order valence-electron chi connectivity index (χ3n) is 5.96. The average Bonchev–Trinajstić information content (AvgIpc) is 2.81. The quantitative estimate of drug-likeness (QED) is 0.372. The minimum absolute atomic E-state index is 0.243. The summed E-state index contributed by atoms with van der Waals surface area (Å²) in [5.41, 5.74) is 0.544. The van der Waals surface area contributed by atoms with Gasteiger partial charge in [0.05, 0.1) is 11.0 Å². The molecule has 0 unspecified atom stereocenters. The molecule has 3 rings (SSSR count). The van der Waals surface area contributed by atoms with Gasteiger partial charge in [-0.15, -0.1) is 0 Å². The summed E-state index contributed by atoms with van der Waals surface area (Å²) < 4.78 is 11.3. The van der Waals surface area contributed by atoms with Crippen LogP contribution in [0.2, 0.25) is 0 Å². The second-order valence-electron chi connectivity index (χ2n) is 10.1. The van der Waals surface area contributed by atoms with Crippen LogP contribution < -0.4 is 15.4 Å². The molecule has 0 aliphatic heterocycles. The Hall–Kier alpha value is -2.60. The topological polar surface area (TPSA) is 59.6 Å². The molecule has 1 aliphatic rings. The van der Waals surface area contributed by atoms with Gasteiger partial charge in [-0.2, -0.15) is 0 Å². The van der Waals surface area contributed by atoms with Crippen molar-refractivity contribution in [2.45, 2.75) is 83.9 Å². The van der Waals surface area contributed by atoms with E-state index >= 15 is 0 Å². The lowest BCUT2D eigenvalue weighted by atomic mass is 9.85. The predicted molar refractivity (Wildman–Crippen MR) is 141 cm³/mol. The van der Waals surface area contributed by atoms with E-state index in [9.17, 15) is 4.79 Å². The first-order valence-corrected chi connectivity index (χ1v) is 12.8. The zero-order valence-electron chi connectivity index (χ0n) is 20.6. The molecule has 2 N–H and O–H groups in total. The lowest BCUT2D eigenvalue weighted by Gasteiger charge is -2.27. The van der Waals surface area contributed by atoms with Gasteiger partial charge < -0.3 is 20.1 Å². The number of benzene rings is 2. The fraction of sp³-hybridized carbons (Fsp3) is 0.500. The number of hydrogen-bond acceptors (Lipinski definition) is 4.